The van der Waals surface area contributed by atoms with Crippen LogP contribution in [-0.4, -0.2) is 9.78 Å². The molecule has 0 amide bonds. The minimum atomic E-state index is 0.114. The monoisotopic (exact) mass is 259 g/mol. The largest absolute Gasteiger partial charge is 0.268 e. The van der Waals surface area contributed by atoms with E-state index in [0.29, 0.717) is 11.3 Å². The minimum absolute atomic E-state index is 0.114. The zero-order valence-electron chi connectivity index (χ0n) is 12.6. The molecule has 104 valence electrons. The van der Waals surface area contributed by atoms with E-state index in [0.717, 1.165) is 18.5 Å². The molecule has 3 unspecified atom stereocenters. The summed E-state index contributed by atoms with van der Waals surface area (Å²) in [6.45, 7) is 8.99. The average Bonchev–Trinajstić information content (AvgIpc) is 2.84. The maximum Gasteiger partial charge on any atom is 0.0688 e. The molecule has 19 heavy (non-hydrogen) atoms. The Labute approximate surface area is 116 Å². The number of rotatable bonds is 3. The summed E-state index contributed by atoms with van der Waals surface area (Å²) in [4.78, 5) is 0. The average molecular weight is 259 g/mol. The van der Waals surface area contributed by atoms with Crippen molar-refractivity contribution in [3.8, 4) is 6.07 Å². The smallest absolute Gasteiger partial charge is 0.0688 e. The summed E-state index contributed by atoms with van der Waals surface area (Å²) in [6.07, 6.45) is 6.50. The van der Waals surface area contributed by atoms with Crippen LogP contribution in [0.15, 0.2) is 12.3 Å². The third-order valence-corrected chi connectivity index (χ3v) is 5.08. The fraction of sp³-hybridized carbons (Fsp3) is 0.750. The normalized spacial score (nSPS) is 28.1. The van der Waals surface area contributed by atoms with Gasteiger partial charge in [0.05, 0.1) is 23.7 Å². The first-order valence-electron chi connectivity index (χ1n) is 7.39. The van der Waals surface area contributed by atoms with Crippen LogP contribution in [0.1, 0.15) is 58.2 Å². The highest BCUT2D eigenvalue weighted by molar-refractivity contribution is 5.02. The molecule has 1 saturated carbocycles. The Morgan fingerprint density at radius 2 is 2.21 bits per heavy atom. The predicted octanol–water partition coefficient (Wildman–Crippen LogP) is 4.11. The van der Waals surface area contributed by atoms with Gasteiger partial charge in [-0.05, 0) is 43.6 Å². The lowest BCUT2D eigenvalue weighted by atomic mass is 9.66. The summed E-state index contributed by atoms with van der Waals surface area (Å²) in [5.41, 5.74) is 1.40. The topological polar surface area (TPSA) is 41.6 Å². The van der Waals surface area contributed by atoms with Crippen molar-refractivity contribution in [2.45, 2.75) is 59.4 Å². The van der Waals surface area contributed by atoms with Crippen LogP contribution in [-0.2, 0) is 0 Å². The van der Waals surface area contributed by atoms with Crippen LogP contribution >= 0.6 is 0 Å². The Hall–Kier alpha value is -1.30. The number of nitrogens with zero attached hydrogens (tertiary/aromatic N) is 3. The second-order valence-corrected chi connectivity index (χ2v) is 6.59. The van der Waals surface area contributed by atoms with Gasteiger partial charge in [0.1, 0.15) is 0 Å². The van der Waals surface area contributed by atoms with E-state index in [1.807, 2.05) is 23.9 Å². The Morgan fingerprint density at radius 1 is 1.47 bits per heavy atom. The van der Waals surface area contributed by atoms with Crippen molar-refractivity contribution in [2.75, 3.05) is 0 Å². The van der Waals surface area contributed by atoms with Crippen LogP contribution in [0.3, 0.4) is 0 Å². The van der Waals surface area contributed by atoms with Crippen LogP contribution in [0.5, 0.6) is 0 Å². The first kappa shape index (κ1) is 14.1. The van der Waals surface area contributed by atoms with Crippen molar-refractivity contribution >= 4 is 0 Å². The van der Waals surface area contributed by atoms with E-state index in [2.05, 4.69) is 31.9 Å². The molecular formula is C16H25N3. The quantitative estimate of drug-likeness (QED) is 0.819. The van der Waals surface area contributed by atoms with Gasteiger partial charge >= 0.3 is 0 Å². The van der Waals surface area contributed by atoms with Crippen LogP contribution in [0.4, 0.5) is 0 Å². The second kappa shape index (κ2) is 5.36. The van der Waals surface area contributed by atoms with Gasteiger partial charge in [0.15, 0.2) is 0 Å². The number of aryl methyl sites for hydroxylation is 1. The molecule has 0 radical (unpaired) electrons. The highest BCUT2D eigenvalue weighted by atomic mass is 15.3. The molecule has 2 rings (SSSR count). The van der Waals surface area contributed by atoms with Crippen molar-refractivity contribution in [1.82, 2.24) is 9.78 Å². The number of nitriles is 1. The highest BCUT2D eigenvalue weighted by Gasteiger charge is 2.38. The van der Waals surface area contributed by atoms with E-state index in [-0.39, 0.29) is 12.0 Å². The summed E-state index contributed by atoms with van der Waals surface area (Å²) in [5.74, 6) is 0.805. The van der Waals surface area contributed by atoms with Gasteiger partial charge in [-0.1, -0.05) is 27.2 Å². The standard InChI is InChI=1S/C16H25N3/c1-5-16(3,4)14-7-6-13(11-17)15(10-14)19-9-8-12(2)18-19/h8-9,13-15H,5-7,10H2,1-4H3. The molecule has 0 bridgehead atoms. The Morgan fingerprint density at radius 3 is 2.74 bits per heavy atom. The van der Waals surface area contributed by atoms with Crippen molar-refractivity contribution in [3.05, 3.63) is 18.0 Å². The lowest BCUT2D eigenvalue weighted by Crippen LogP contribution is -2.34. The van der Waals surface area contributed by atoms with Gasteiger partial charge in [0.2, 0.25) is 0 Å². The number of hydrogen-bond donors (Lipinski definition) is 0. The minimum Gasteiger partial charge on any atom is -0.268 e. The lowest BCUT2D eigenvalue weighted by Gasteiger charge is -2.41. The fourth-order valence-corrected chi connectivity index (χ4v) is 3.21. The fourth-order valence-electron chi connectivity index (χ4n) is 3.21. The first-order valence-corrected chi connectivity index (χ1v) is 7.39. The van der Waals surface area contributed by atoms with E-state index in [4.69, 9.17) is 0 Å². The van der Waals surface area contributed by atoms with Crippen LogP contribution in [0, 0.1) is 35.5 Å². The third-order valence-electron chi connectivity index (χ3n) is 5.08. The zero-order valence-corrected chi connectivity index (χ0v) is 12.6. The van der Waals surface area contributed by atoms with E-state index < -0.39 is 0 Å². The molecule has 0 aromatic carbocycles. The number of hydrogen-bond acceptors (Lipinski definition) is 2. The zero-order chi connectivity index (χ0) is 14.0. The summed E-state index contributed by atoms with van der Waals surface area (Å²) in [7, 11) is 0. The molecule has 1 aliphatic carbocycles. The van der Waals surface area contributed by atoms with Crippen LogP contribution in [0.2, 0.25) is 0 Å². The molecule has 1 aliphatic rings. The molecule has 1 aromatic rings. The molecule has 3 heteroatoms. The molecule has 1 fully saturated rings. The van der Waals surface area contributed by atoms with Crippen LogP contribution in [0.25, 0.3) is 0 Å². The van der Waals surface area contributed by atoms with Crippen molar-refractivity contribution in [1.29, 1.82) is 5.26 Å². The molecule has 0 spiro atoms. The molecule has 3 nitrogen and oxygen atoms in total. The van der Waals surface area contributed by atoms with Gasteiger partial charge in [-0.15, -0.1) is 0 Å². The summed E-state index contributed by atoms with van der Waals surface area (Å²) >= 11 is 0. The number of aromatic nitrogens is 2. The van der Waals surface area contributed by atoms with Gasteiger partial charge in [0, 0.05) is 6.20 Å². The molecule has 0 N–H and O–H groups in total. The highest BCUT2D eigenvalue weighted by Crippen LogP contribution is 2.45. The second-order valence-electron chi connectivity index (χ2n) is 6.59. The molecule has 3 atom stereocenters. The van der Waals surface area contributed by atoms with E-state index >= 15 is 0 Å². The van der Waals surface area contributed by atoms with E-state index in [9.17, 15) is 5.26 Å². The molecule has 0 saturated heterocycles. The molecule has 0 aliphatic heterocycles. The Balaban J connectivity index is 2.21. The maximum atomic E-state index is 9.38. The Bertz CT molecular complexity index is 467. The van der Waals surface area contributed by atoms with Gasteiger partial charge in [-0.3, -0.25) is 4.68 Å². The van der Waals surface area contributed by atoms with Crippen molar-refractivity contribution < 1.29 is 0 Å². The SMILES string of the molecule is CCC(C)(C)C1CCC(C#N)C(n2ccc(C)n2)C1. The van der Waals surface area contributed by atoms with Crippen LogP contribution < -0.4 is 0 Å². The van der Waals surface area contributed by atoms with Gasteiger partial charge < -0.3 is 0 Å². The van der Waals surface area contributed by atoms with E-state index in [1.54, 1.807) is 0 Å². The molecule has 1 heterocycles. The van der Waals surface area contributed by atoms with E-state index in [1.165, 1.54) is 12.8 Å². The Kier molecular flexibility index (Phi) is 3.99. The van der Waals surface area contributed by atoms with Gasteiger partial charge in [-0.2, -0.15) is 10.4 Å². The third kappa shape index (κ3) is 2.83. The summed E-state index contributed by atoms with van der Waals surface area (Å²) in [5, 5.41) is 13.9. The lowest BCUT2D eigenvalue weighted by molar-refractivity contribution is 0.0991. The van der Waals surface area contributed by atoms with Gasteiger partial charge in [0.25, 0.3) is 0 Å². The van der Waals surface area contributed by atoms with Crippen molar-refractivity contribution in [3.63, 3.8) is 0 Å². The van der Waals surface area contributed by atoms with Crippen molar-refractivity contribution in [2.24, 2.45) is 17.3 Å². The molecular weight excluding hydrogens is 234 g/mol. The molecule has 1 aromatic heterocycles. The summed E-state index contributed by atoms with van der Waals surface area (Å²) in [6, 6.07) is 4.77. The first-order chi connectivity index (χ1) is 8.97. The maximum absolute atomic E-state index is 9.38. The predicted molar refractivity (Wildman–Crippen MR) is 76.5 cm³/mol. The summed E-state index contributed by atoms with van der Waals surface area (Å²) < 4.78 is 2.03. The van der Waals surface area contributed by atoms with Gasteiger partial charge in [-0.25, -0.2) is 0 Å².